The van der Waals surface area contributed by atoms with Crippen molar-refractivity contribution in [1.29, 1.82) is 0 Å². The number of hydrogen-bond donors (Lipinski definition) is 0. The number of nitrogens with zero attached hydrogens (tertiary/aromatic N) is 2. The molecule has 34 heavy (non-hydrogen) atoms. The summed E-state index contributed by atoms with van der Waals surface area (Å²) < 4.78 is 26.0. The maximum absolute atomic E-state index is 13.0. The molecular formula is C27H28Cl2N2O2S. The molecule has 7 heteroatoms. The van der Waals surface area contributed by atoms with Crippen LogP contribution in [0.2, 0.25) is 10.0 Å². The maximum atomic E-state index is 13.0. The van der Waals surface area contributed by atoms with Gasteiger partial charge in [0, 0.05) is 41.9 Å². The lowest BCUT2D eigenvalue weighted by atomic mass is 9.91. The van der Waals surface area contributed by atoms with Gasteiger partial charge < -0.3 is 4.90 Å². The SMILES string of the molecule is O=S(=O)(Cc1cccc(N2CCC2)c1)CC1CN(C(c2ccc(Cl)cc2)c2ccc(Cl)cc2)C1. The third kappa shape index (κ3) is 5.44. The molecule has 0 saturated carbocycles. The van der Waals surface area contributed by atoms with Crippen molar-refractivity contribution in [3.8, 4) is 0 Å². The number of rotatable bonds is 8. The predicted octanol–water partition coefficient (Wildman–Crippen LogP) is 5.84. The van der Waals surface area contributed by atoms with Crippen LogP contribution >= 0.6 is 23.2 Å². The van der Waals surface area contributed by atoms with Crippen molar-refractivity contribution in [2.24, 2.45) is 5.92 Å². The molecule has 0 amide bonds. The number of anilines is 1. The summed E-state index contributed by atoms with van der Waals surface area (Å²) in [6.07, 6.45) is 1.20. The molecule has 0 aromatic heterocycles. The first-order chi connectivity index (χ1) is 16.4. The zero-order valence-corrected chi connectivity index (χ0v) is 21.2. The third-order valence-electron chi connectivity index (χ3n) is 6.73. The van der Waals surface area contributed by atoms with Gasteiger partial charge in [0.2, 0.25) is 0 Å². The number of sulfone groups is 1. The smallest absolute Gasteiger partial charge is 0.154 e. The van der Waals surface area contributed by atoms with E-state index in [-0.39, 0.29) is 23.5 Å². The van der Waals surface area contributed by atoms with E-state index < -0.39 is 9.84 Å². The molecule has 4 nitrogen and oxygen atoms in total. The number of benzene rings is 3. The van der Waals surface area contributed by atoms with Gasteiger partial charge in [0.05, 0.1) is 17.5 Å². The average molecular weight is 516 g/mol. The summed E-state index contributed by atoms with van der Waals surface area (Å²) in [5, 5.41) is 1.40. The van der Waals surface area contributed by atoms with Crippen LogP contribution in [-0.4, -0.2) is 45.2 Å². The Hall–Kier alpha value is -2.05. The standard InChI is InChI=1S/C27H28Cl2N2O2S/c28-24-9-5-22(6-10-24)27(23-7-11-25(29)12-8-23)31-16-21(17-31)19-34(32,33)18-20-3-1-4-26(15-20)30-13-2-14-30/h1,3-12,15,21,27H,2,13-14,16-19H2. The van der Waals surface area contributed by atoms with Gasteiger partial charge in [-0.1, -0.05) is 59.6 Å². The Morgan fingerprint density at radius 1 is 0.853 bits per heavy atom. The molecule has 2 fully saturated rings. The van der Waals surface area contributed by atoms with E-state index in [2.05, 4.69) is 15.9 Å². The fourth-order valence-corrected chi connectivity index (χ4v) is 6.91. The van der Waals surface area contributed by atoms with Crippen molar-refractivity contribution in [2.45, 2.75) is 18.2 Å². The largest absolute Gasteiger partial charge is 0.371 e. The normalized spacial score (nSPS) is 17.0. The molecule has 0 aliphatic carbocycles. The van der Waals surface area contributed by atoms with E-state index in [0.29, 0.717) is 10.0 Å². The van der Waals surface area contributed by atoms with Gasteiger partial charge in [-0.15, -0.1) is 0 Å². The molecule has 5 rings (SSSR count). The van der Waals surface area contributed by atoms with Gasteiger partial charge in [0.15, 0.2) is 9.84 Å². The van der Waals surface area contributed by atoms with Crippen molar-refractivity contribution in [1.82, 2.24) is 4.90 Å². The second kappa shape index (κ2) is 9.90. The van der Waals surface area contributed by atoms with E-state index in [1.165, 1.54) is 6.42 Å². The number of halogens is 2. The lowest BCUT2D eigenvalue weighted by Gasteiger charge is -2.44. The lowest BCUT2D eigenvalue weighted by molar-refractivity contribution is 0.0812. The molecular weight excluding hydrogens is 487 g/mol. The van der Waals surface area contributed by atoms with Crippen LogP contribution in [0.4, 0.5) is 5.69 Å². The van der Waals surface area contributed by atoms with Gasteiger partial charge >= 0.3 is 0 Å². The minimum atomic E-state index is -3.20. The second-order valence-corrected chi connectivity index (χ2v) is 12.4. The fraction of sp³-hybridized carbons (Fsp3) is 0.333. The minimum Gasteiger partial charge on any atom is -0.371 e. The molecule has 0 unspecified atom stereocenters. The second-order valence-electron chi connectivity index (χ2n) is 9.39. The van der Waals surface area contributed by atoms with E-state index in [1.54, 1.807) is 0 Å². The van der Waals surface area contributed by atoms with Crippen LogP contribution in [0.25, 0.3) is 0 Å². The summed E-state index contributed by atoms with van der Waals surface area (Å²) in [6, 6.07) is 23.8. The Labute approximate surface area is 212 Å². The Bertz CT molecular complexity index is 1190. The van der Waals surface area contributed by atoms with Crippen LogP contribution in [0.1, 0.15) is 29.2 Å². The average Bonchev–Trinajstić information content (AvgIpc) is 2.73. The fourth-order valence-electron chi connectivity index (χ4n) is 4.92. The summed E-state index contributed by atoms with van der Waals surface area (Å²) >= 11 is 12.2. The molecule has 0 spiro atoms. The molecule has 0 radical (unpaired) electrons. The van der Waals surface area contributed by atoms with Crippen LogP contribution in [0.3, 0.4) is 0 Å². The first-order valence-corrected chi connectivity index (χ1v) is 14.2. The Morgan fingerprint density at radius 3 is 1.97 bits per heavy atom. The molecule has 0 N–H and O–H groups in total. The van der Waals surface area contributed by atoms with Gasteiger partial charge in [0.25, 0.3) is 0 Å². The first-order valence-electron chi connectivity index (χ1n) is 11.7. The van der Waals surface area contributed by atoms with Gasteiger partial charge in [0.1, 0.15) is 0 Å². The highest BCUT2D eigenvalue weighted by Gasteiger charge is 2.36. The van der Waals surface area contributed by atoms with Crippen molar-refractivity contribution < 1.29 is 8.42 Å². The zero-order valence-electron chi connectivity index (χ0n) is 18.9. The van der Waals surface area contributed by atoms with Crippen LogP contribution < -0.4 is 4.90 Å². The molecule has 2 saturated heterocycles. The van der Waals surface area contributed by atoms with Crippen molar-refractivity contribution in [3.63, 3.8) is 0 Å². The van der Waals surface area contributed by atoms with Gasteiger partial charge in [-0.25, -0.2) is 8.42 Å². The summed E-state index contributed by atoms with van der Waals surface area (Å²) in [4.78, 5) is 4.62. The topological polar surface area (TPSA) is 40.6 Å². The Morgan fingerprint density at radius 2 is 1.44 bits per heavy atom. The van der Waals surface area contributed by atoms with E-state index in [4.69, 9.17) is 23.2 Å². The summed E-state index contributed by atoms with van der Waals surface area (Å²) in [6.45, 7) is 3.58. The Balaban J connectivity index is 1.25. The summed E-state index contributed by atoms with van der Waals surface area (Å²) in [7, 11) is -3.20. The number of likely N-dealkylation sites (tertiary alicyclic amines) is 1. The minimum absolute atomic E-state index is 0.0432. The van der Waals surface area contributed by atoms with Crippen LogP contribution in [-0.2, 0) is 15.6 Å². The monoisotopic (exact) mass is 514 g/mol. The quantitative estimate of drug-likeness (QED) is 0.378. The zero-order chi connectivity index (χ0) is 23.7. The lowest BCUT2D eigenvalue weighted by Crippen LogP contribution is -2.51. The predicted molar refractivity (Wildman–Crippen MR) is 141 cm³/mol. The molecule has 0 bridgehead atoms. The van der Waals surface area contributed by atoms with Crippen molar-refractivity contribution in [2.75, 3.05) is 36.8 Å². The molecule has 2 aliphatic rings. The van der Waals surface area contributed by atoms with E-state index in [9.17, 15) is 8.42 Å². The van der Waals surface area contributed by atoms with E-state index in [1.807, 2.05) is 66.7 Å². The molecule has 3 aromatic rings. The highest BCUT2D eigenvalue weighted by molar-refractivity contribution is 7.90. The molecule has 2 aliphatic heterocycles. The maximum Gasteiger partial charge on any atom is 0.154 e. The first kappa shape index (κ1) is 23.7. The van der Waals surface area contributed by atoms with E-state index in [0.717, 1.165) is 48.6 Å². The molecule has 3 aromatic carbocycles. The van der Waals surface area contributed by atoms with Crippen molar-refractivity contribution >= 4 is 38.7 Å². The molecule has 0 atom stereocenters. The van der Waals surface area contributed by atoms with Gasteiger partial charge in [-0.3, -0.25) is 4.90 Å². The summed E-state index contributed by atoms with van der Waals surface area (Å²) in [5.41, 5.74) is 4.27. The van der Waals surface area contributed by atoms with E-state index >= 15 is 0 Å². The van der Waals surface area contributed by atoms with Gasteiger partial charge in [-0.05, 0) is 65.4 Å². The molecule has 178 valence electrons. The van der Waals surface area contributed by atoms with Crippen LogP contribution in [0.5, 0.6) is 0 Å². The van der Waals surface area contributed by atoms with Crippen molar-refractivity contribution in [3.05, 3.63) is 99.5 Å². The van der Waals surface area contributed by atoms with Crippen LogP contribution in [0, 0.1) is 5.92 Å². The highest BCUT2D eigenvalue weighted by atomic mass is 35.5. The third-order valence-corrected chi connectivity index (χ3v) is 8.99. The van der Waals surface area contributed by atoms with Crippen LogP contribution in [0.15, 0.2) is 72.8 Å². The highest BCUT2D eigenvalue weighted by Crippen LogP contribution is 2.36. The van der Waals surface area contributed by atoms with Gasteiger partial charge in [-0.2, -0.15) is 0 Å². The Kier molecular flexibility index (Phi) is 6.90. The number of hydrogen-bond acceptors (Lipinski definition) is 4. The summed E-state index contributed by atoms with van der Waals surface area (Å²) in [5.74, 6) is 0.444. The molecule has 2 heterocycles.